The molecule has 0 aliphatic carbocycles. The summed E-state index contributed by atoms with van der Waals surface area (Å²) >= 11 is 0. The number of esters is 1. The number of rotatable bonds is 73. The molecule has 86 heavy (non-hydrogen) atoms. The number of nitrogens with one attached hydrogen (secondary N) is 1. The molecule has 0 aromatic carbocycles. The van der Waals surface area contributed by atoms with Crippen LogP contribution >= 0.6 is 0 Å². The summed E-state index contributed by atoms with van der Waals surface area (Å²) in [5, 5.41) is 23.3. The van der Waals surface area contributed by atoms with Gasteiger partial charge in [-0.3, -0.25) is 9.59 Å². The number of ether oxygens (including phenoxy) is 1. The fraction of sp³-hybridized carbons (Fsp3) is 0.875. The van der Waals surface area contributed by atoms with Crippen molar-refractivity contribution in [3.05, 3.63) is 48.6 Å². The Morgan fingerprint density at radius 1 is 0.326 bits per heavy atom. The molecule has 0 saturated carbocycles. The molecule has 0 radical (unpaired) electrons. The second-order valence-electron chi connectivity index (χ2n) is 26.7. The molecule has 506 valence electrons. The van der Waals surface area contributed by atoms with Crippen molar-refractivity contribution in [1.29, 1.82) is 0 Å². The third-order valence-corrected chi connectivity index (χ3v) is 18.1. The first-order valence-electron chi connectivity index (χ1n) is 38.9. The van der Waals surface area contributed by atoms with E-state index in [2.05, 4.69) is 55.6 Å². The lowest BCUT2D eigenvalue weighted by atomic mass is 10.0. The van der Waals surface area contributed by atoms with Gasteiger partial charge in [0.15, 0.2) is 0 Å². The monoisotopic (exact) mass is 1210 g/mol. The summed E-state index contributed by atoms with van der Waals surface area (Å²) in [7, 11) is 0. The lowest BCUT2D eigenvalue weighted by molar-refractivity contribution is -0.143. The summed E-state index contributed by atoms with van der Waals surface area (Å²) < 4.78 is 5.49. The van der Waals surface area contributed by atoms with Crippen molar-refractivity contribution in [3.63, 3.8) is 0 Å². The third-order valence-electron chi connectivity index (χ3n) is 18.1. The van der Waals surface area contributed by atoms with Gasteiger partial charge in [-0.05, 0) is 89.9 Å². The first-order valence-corrected chi connectivity index (χ1v) is 38.9. The molecule has 6 nitrogen and oxygen atoms in total. The molecule has 2 unspecified atom stereocenters. The molecule has 1 amide bonds. The Hall–Kier alpha value is -2.18. The molecular formula is C80H151NO5. The predicted molar refractivity (Wildman–Crippen MR) is 379 cm³/mol. The fourth-order valence-electron chi connectivity index (χ4n) is 12.1. The zero-order valence-corrected chi connectivity index (χ0v) is 58.1. The van der Waals surface area contributed by atoms with Crippen molar-refractivity contribution in [2.45, 2.75) is 437 Å². The molecule has 0 spiro atoms. The number of aliphatic hydroxyl groups excluding tert-OH is 2. The Labute approximate surface area is 537 Å². The normalized spacial score (nSPS) is 12.7. The minimum absolute atomic E-state index is 0.00425. The van der Waals surface area contributed by atoms with Gasteiger partial charge >= 0.3 is 5.97 Å². The summed E-state index contributed by atoms with van der Waals surface area (Å²) in [5.41, 5.74) is 0. The van der Waals surface area contributed by atoms with Gasteiger partial charge in [-0.2, -0.15) is 0 Å². The van der Waals surface area contributed by atoms with Gasteiger partial charge in [0.2, 0.25) is 5.91 Å². The number of aliphatic hydroxyl groups is 2. The number of carbonyl (C=O) groups excluding carboxylic acids is 2. The Kier molecular flexibility index (Phi) is 73.4. The van der Waals surface area contributed by atoms with Gasteiger partial charge in [0.25, 0.3) is 0 Å². The van der Waals surface area contributed by atoms with E-state index in [1.807, 2.05) is 6.08 Å². The zero-order chi connectivity index (χ0) is 62.0. The Morgan fingerprint density at radius 3 is 0.919 bits per heavy atom. The van der Waals surface area contributed by atoms with Crippen LogP contribution in [0.25, 0.3) is 0 Å². The van der Waals surface area contributed by atoms with Crippen LogP contribution in [-0.4, -0.2) is 47.4 Å². The second kappa shape index (κ2) is 75.3. The summed E-state index contributed by atoms with van der Waals surface area (Å²) in [4.78, 5) is 24.6. The Balaban J connectivity index is 3.39. The van der Waals surface area contributed by atoms with Gasteiger partial charge in [-0.25, -0.2) is 0 Å². The van der Waals surface area contributed by atoms with Crippen LogP contribution in [0.5, 0.6) is 0 Å². The molecule has 0 bridgehead atoms. The molecule has 0 aromatic heterocycles. The van der Waals surface area contributed by atoms with E-state index in [4.69, 9.17) is 4.74 Å². The van der Waals surface area contributed by atoms with Crippen molar-refractivity contribution >= 4 is 11.9 Å². The van der Waals surface area contributed by atoms with Crippen LogP contribution in [0.4, 0.5) is 0 Å². The number of carbonyl (C=O) groups is 2. The van der Waals surface area contributed by atoms with E-state index >= 15 is 0 Å². The van der Waals surface area contributed by atoms with Gasteiger partial charge in [0.05, 0.1) is 25.4 Å². The highest BCUT2D eigenvalue weighted by Gasteiger charge is 2.18. The largest absolute Gasteiger partial charge is 0.466 e. The highest BCUT2D eigenvalue weighted by atomic mass is 16.5. The topological polar surface area (TPSA) is 95.9 Å². The lowest BCUT2D eigenvalue weighted by Gasteiger charge is -2.20. The van der Waals surface area contributed by atoms with Crippen LogP contribution < -0.4 is 5.32 Å². The van der Waals surface area contributed by atoms with Gasteiger partial charge in [-0.1, -0.05) is 371 Å². The van der Waals surface area contributed by atoms with Crippen LogP contribution in [0.3, 0.4) is 0 Å². The predicted octanol–water partition coefficient (Wildman–Crippen LogP) is 25.6. The molecule has 0 aliphatic rings. The van der Waals surface area contributed by atoms with E-state index in [1.54, 1.807) is 6.08 Å². The van der Waals surface area contributed by atoms with E-state index in [0.29, 0.717) is 19.4 Å². The molecule has 0 saturated heterocycles. The number of hydrogen-bond acceptors (Lipinski definition) is 5. The number of unbranched alkanes of at least 4 members (excludes halogenated alkanes) is 56. The van der Waals surface area contributed by atoms with Gasteiger partial charge < -0.3 is 20.3 Å². The van der Waals surface area contributed by atoms with E-state index in [1.165, 1.54) is 347 Å². The summed E-state index contributed by atoms with van der Waals surface area (Å²) in [6.45, 7) is 4.91. The maximum absolute atomic E-state index is 12.5. The Bertz CT molecular complexity index is 1440. The highest BCUT2D eigenvalue weighted by molar-refractivity contribution is 5.76. The van der Waals surface area contributed by atoms with Crippen molar-refractivity contribution in [3.8, 4) is 0 Å². The van der Waals surface area contributed by atoms with Crippen LogP contribution in [0.1, 0.15) is 425 Å². The summed E-state index contributed by atoms with van der Waals surface area (Å²) in [6, 6.07) is -0.628. The van der Waals surface area contributed by atoms with Crippen LogP contribution in [-0.2, 0) is 14.3 Å². The molecule has 0 aromatic rings. The summed E-state index contributed by atoms with van der Waals surface area (Å²) in [6.07, 6.45) is 99.4. The van der Waals surface area contributed by atoms with E-state index in [0.717, 1.165) is 51.4 Å². The molecular weight excluding hydrogens is 1050 g/mol. The summed E-state index contributed by atoms with van der Waals surface area (Å²) in [5.74, 6) is -0.0570. The number of amides is 1. The van der Waals surface area contributed by atoms with Crippen LogP contribution in [0.2, 0.25) is 0 Å². The van der Waals surface area contributed by atoms with Gasteiger partial charge in [0.1, 0.15) is 0 Å². The minimum Gasteiger partial charge on any atom is -0.466 e. The fourth-order valence-corrected chi connectivity index (χ4v) is 12.1. The average Bonchev–Trinajstić information content (AvgIpc) is 3.54. The molecule has 6 heteroatoms. The van der Waals surface area contributed by atoms with Crippen LogP contribution in [0.15, 0.2) is 48.6 Å². The first kappa shape index (κ1) is 83.8. The molecule has 2 atom stereocenters. The van der Waals surface area contributed by atoms with Crippen molar-refractivity contribution in [1.82, 2.24) is 5.32 Å². The zero-order valence-electron chi connectivity index (χ0n) is 58.1. The molecule has 0 rings (SSSR count). The maximum atomic E-state index is 12.5. The van der Waals surface area contributed by atoms with Crippen molar-refractivity contribution in [2.75, 3.05) is 13.2 Å². The minimum atomic E-state index is -0.845. The standard InChI is InChI=1S/C80H151NO5/c1-3-5-7-9-11-13-15-17-19-20-21-22-35-38-41-45-48-52-56-60-64-68-72-78(83)77(76-82)81-79(84)73-69-65-61-57-53-49-46-42-39-36-33-31-29-27-25-23-24-26-28-30-32-34-37-40-43-47-51-55-59-63-67-71-75-86-80(85)74-70-66-62-58-54-50-44-18-16-14-12-10-8-6-4-2/h12,14,18,26,28,44,68,72,77-78,82-83H,3-11,13,15-17,19-25,27,29-43,45-67,69-71,73-76H2,1-2H3,(H,81,84)/b14-12-,28-26-,44-18-,72-68+. The molecule has 0 heterocycles. The van der Waals surface area contributed by atoms with Gasteiger partial charge in [-0.15, -0.1) is 0 Å². The molecule has 3 N–H and O–H groups in total. The van der Waals surface area contributed by atoms with Gasteiger partial charge in [0, 0.05) is 12.8 Å². The quantitative estimate of drug-likeness (QED) is 0.0320. The lowest BCUT2D eigenvalue weighted by Crippen LogP contribution is -2.45. The Morgan fingerprint density at radius 2 is 0.581 bits per heavy atom. The highest BCUT2D eigenvalue weighted by Crippen LogP contribution is 2.19. The van der Waals surface area contributed by atoms with E-state index < -0.39 is 12.1 Å². The van der Waals surface area contributed by atoms with Crippen LogP contribution in [0, 0.1) is 0 Å². The van der Waals surface area contributed by atoms with E-state index in [9.17, 15) is 19.8 Å². The first-order chi connectivity index (χ1) is 42.5. The third kappa shape index (κ3) is 70.9. The number of allylic oxidation sites excluding steroid dienone is 7. The average molecular weight is 1210 g/mol. The molecule has 0 aliphatic heterocycles. The van der Waals surface area contributed by atoms with Crippen molar-refractivity contribution < 1.29 is 24.5 Å². The maximum Gasteiger partial charge on any atom is 0.305 e. The van der Waals surface area contributed by atoms with E-state index in [-0.39, 0.29) is 18.5 Å². The molecule has 0 fully saturated rings. The number of hydrogen-bond donors (Lipinski definition) is 3. The van der Waals surface area contributed by atoms with Crippen molar-refractivity contribution in [2.24, 2.45) is 0 Å². The SMILES string of the molecule is CCCCC/C=C\C/C=C\CCCCCCCC(=O)OCCCCCCCCCCCCCC/C=C\CCCCCCCCCCCCCCCCCCC(=O)NC(CO)C(O)/C=C/CCCCCCCCCCCCCCCCCCCCCC. The second-order valence-corrected chi connectivity index (χ2v) is 26.7. The smallest absolute Gasteiger partial charge is 0.305 e.